The standard InChI is InChI=1S/C31H35N3O4S.C27H30N2O3S.C26H28N2O3S.C19H24N2O5/c1-19(2)27(33-16-23-7-5-6-8-24(23)29(33)36)30(37)34-17-31(4,38)15-25(34)26(35)14-11-21-9-12-22(13-10-21)28-20(3)32-18-39-28;1-4-27(15-23(30)16-29(27)26(32)22-7-5-6-18(2)14-22)24(31)13-10-20-8-11-21(12-9-20)25-19(3)28-17-33-25;1-17-5-4-6-21(13-17)25(31)28-15-22(29)14-26(28,3)23(30)12-9-19-7-10-20(11-8-19)24-18(2)27-16-32-24;1-11(2)15(20-9-12-6-4-5-7-13(12)16(20)22)17(23)21-10-19(3,26)8-14(21)18(24)25/h5-10,12-13,18-19,25,27,38H,11,14-17H2,1-4H3;5-9,11-12,14,17,23,30H,4,10,13,15-16H2,1-3H3;4-8,10-11,13,16,22,29H,9,12,14-15H2,1-3H3;4-7,11,14-15,26H,8-10H2,1-3H3,(H,24,25)/t25-,27-,31-;23-,27?;22-,26?;14-,15-,19+/m0110/s1. The third kappa shape index (κ3) is 21.3. The van der Waals surface area contributed by atoms with Crippen molar-refractivity contribution in [2.75, 3.05) is 26.2 Å². The van der Waals surface area contributed by atoms with Gasteiger partial charge in [-0.3, -0.25) is 43.2 Å². The number of fused-ring (bicyclic) bond motifs is 2. The lowest BCUT2D eigenvalue weighted by Crippen LogP contribution is -2.54. The number of ketones is 3. The molecule has 3 aromatic heterocycles. The Labute approximate surface area is 772 Å². The number of carboxylic acids is 1. The normalized spacial score (nSPS) is 21.9. The highest BCUT2D eigenvalue weighted by atomic mass is 32.1. The summed E-state index contributed by atoms with van der Waals surface area (Å²) in [4.78, 5) is 157. The number of rotatable bonds is 25. The second kappa shape index (κ2) is 40.5. The van der Waals surface area contributed by atoms with Gasteiger partial charge in [0.2, 0.25) is 11.8 Å². The molecule has 7 aromatic carbocycles. The lowest BCUT2D eigenvalue weighted by molar-refractivity contribution is -0.150. The molecule has 0 radical (unpaired) electrons. The van der Waals surface area contributed by atoms with Crippen LogP contribution in [-0.2, 0) is 61.1 Å². The van der Waals surface area contributed by atoms with Crippen LogP contribution in [0.5, 0.6) is 0 Å². The SMILES string of the molecule is CC(C)[C@@H](C(=O)N1C[C@](C)(O)C[C@H]1C(=O)O)N1Cc2ccccc2C1=O.CCC1(C(=O)CCc2ccc(-c3scnc3C)cc2)C[C@@H](O)CN1C(=O)c1cccc(C)c1.Cc1cccc(C(=O)N2C[C@H](O)CC2(C)C(=O)CCc2ccc(-c3scnc3C)cc2)c1.Cc1ncsc1-c1ccc(CCC(=O)[C@@H]2C[C@](C)(O)CN2C(=O)[C@H](C(C)C)N2Cc3ccccc3C2=O)cc1. The van der Waals surface area contributed by atoms with Gasteiger partial charge in [0, 0.05) is 93.4 Å². The van der Waals surface area contributed by atoms with Gasteiger partial charge in [0.15, 0.2) is 17.3 Å². The lowest BCUT2D eigenvalue weighted by Gasteiger charge is -2.36. The number of aliphatic carboxylic acids is 1. The number of carboxylic acid groups (broad SMARTS) is 1. The largest absolute Gasteiger partial charge is 0.480 e. The molecule has 6 amide bonds. The van der Waals surface area contributed by atoms with E-state index in [0.29, 0.717) is 80.3 Å². The van der Waals surface area contributed by atoms with Crippen LogP contribution in [0, 0.1) is 46.5 Å². The molecule has 4 fully saturated rings. The number of hydrogen-bond donors (Lipinski definition) is 5. The summed E-state index contributed by atoms with van der Waals surface area (Å²) in [6.45, 7) is 25.4. The second-order valence-corrected chi connectivity index (χ2v) is 39.5. The number of thiazole rings is 3. The van der Waals surface area contributed by atoms with Crippen molar-refractivity contribution in [2.45, 2.75) is 232 Å². The fourth-order valence-corrected chi connectivity index (χ4v) is 21.6. The molecular formula is C103H117N9O15S3. The van der Waals surface area contributed by atoms with Crippen LogP contribution >= 0.6 is 34.0 Å². The monoisotopic (exact) mass is 1820 g/mol. The van der Waals surface area contributed by atoms with Crippen molar-refractivity contribution in [3.05, 3.63) is 265 Å². The Morgan fingerprint density at radius 2 is 0.838 bits per heavy atom. The maximum Gasteiger partial charge on any atom is 0.326 e. The Morgan fingerprint density at radius 3 is 1.22 bits per heavy atom. The quantitative estimate of drug-likeness (QED) is 0.0355. The molecule has 0 aliphatic carbocycles. The third-order valence-electron chi connectivity index (χ3n) is 26.1. The van der Waals surface area contributed by atoms with E-state index in [-0.39, 0.29) is 111 Å². The van der Waals surface area contributed by atoms with Crippen molar-refractivity contribution >= 4 is 92.8 Å². The summed E-state index contributed by atoms with van der Waals surface area (Å²) in [5.74, 6) is -3.02. The highest BCUT2D eigenvalue weighted by Gasteiger charge is 2.54. The van der Waals surface area contributed by atoms with E-state index in [2.05, 4.69) is 63.5 Å². The van der Waals surface area contributed by atoms with Crippen LogP contribution in [0.3, 0.4) is 0 Å². The molecular weight excluding hydrogens is 1700 g/mol. The predicted octanol–water partition coefficient (Wildman–Crippen LogP) is 15.3. The van der Waals surface area contributed by atoms with E-state index in [0.717, 1.165) is 87.3 Å². The minimum atomic E-state index is -1.25. The zero-order valence-corrected chi connectivity index (χ0v) is 78.6. The molecule has 16 rings (SSSR count). The van der Waals surface area contributed by atoms with Crippen LogP contribution in [0.25, 0.3) is 31.3 Å². The molecule has 24 nitrogen and oxygen atoms in total. The van der Waals surface area contributed by atoms with Crippen molar-refractivity contribution in [2.24, 2.45) is 11.8 Å². The average molecular weight is 1820 g/mol. The van der Waals surface area contributed by atoms with Crippen molar-refractivity contribution < 1.29 is 73.5 Å². The molecule has 0 saturated carbocycles. The molecule has 27 heteroatoms. The molecule has 9 heterocycles. The number of Topliss-reactive ketones (excluding diaryl/α,β-unsaturated/α-hetero) is 3. The summed E-state index contributed by atoms with van der Waals surface area (Å²) in [7, 11) is 0. The Hall–Kier alpha value is -11.4. The maximum absolute atomic E-state index is 14.0. The first-order chi connectivity index (χ1) is 61.8. The molecule has 130 heavy (non-hydrogen) atoms. The van der Waals surface area contributed by atoms with E-state index in [1.54, 1.807) is 92.9 Å². The van der Waals surface area contributed by atoms with Crippen LogP contribution in [-0.4, -0.2) is 213 Å². The zero-order valence-electron chi connectivity index (χ0n) is 76.1. The topological polar surface area (TPSA) is 330 Å². The van der Waals surface area contributed by atoms with Crippen LogP contribution in [0.2, 0.25) is 0 Å². The summed E-state index contributed by atoms with van der Waals surface area (Å²) in [5, 5.41) is 51.4. The summed E-state index contributed by atoms with van der Waals surface area (Å²) < 4.78 is 0. The predicted molar refractivity (Wildman–Crippen MR) is 503 cm³/mol. The molecule has 10 atom stereocenters. The summed E-state index contributed by atoms with van der Waals surface area (Å²) in [6.07, 6.45) is 2.51. The number of aromatic nitrogens is 3. The number of nitrogens with zero attached hydrogens (tertiary/aromatic N) is 9. The van der Waals surface area contributed by atoms with E-state index in [9.17, 15) is 73.5 Å². The second-order valence-electron chi connectivity index (χ2n) is 36.9. The van der Waals surface area contributed by atoms with Crippen molar-refractivity contribution in [1.82, 2.24) is 44.4 Å². The van der Waals surface area contributed by atoms with E-state index in [1.165, 1.54) is 21.6 Å². The van der Waals surface area contributed by atoms with Gasteiger partial charge in [0.05, 0.1) is 90.8 Å². The number of β-amino-alcohol motifs (C(OH)–C–C–N with tert-alkyl or cyclic N) is 4. The summed E-state index contributed by atoms with van der Waals surface area (Å²) in [6, 6.07) is 50.7. The first kappa shape index (κ1) is 96.1. The van der Waals surface area contributed by atoms with Gasteiger partial charge in [-0.25, -0.2) is 19.7 Å². The highest BCUT2D eigenvalue weighted by Crippen LogP contribution is 2.41. The van der Waals surface area contributed by atoms with Crippen molar-refractivity contribution in [3.63, 3.8) is 0 Å². The number of amides is 6. The van der Waals surface area contributed by atoms with Crippen LogP contribution in [0.1, 0.15) is 204 Å². The lowest BCUT2D eigenvalue weighted by atomic mass is 9.84. The molecule has 0 bridgehead atoms. The van der Waals surface area contributed by atoms with Gasteiger partial charge >= 0.3 is 5.97 Å². The summed E-state index contributed by atoms with van der Waals surface area (Å²) >= 11 is 4.85. The smallest absolute Gasteiger partial charge is 0.326 e. The molecule has 2 unspecified atom stereocenters. The van der Waals surface area contributed by atoms with Gasteiger partial charge in [-0.2, -0.15) is 0 Å². The molecule has 10 aromatic rings. The zero-order chi connectivity index (χ0) is 93.6. The van der Waals surface area contributed by atoms with Crippen molar-refractivity contribution in [3.8, 4) is 31.3 Å². The van der Waals surface area contributed by atoms with Gasteiger partial charge in [0.1, 0.15) is 29.2 Å². The third-order valence-corrected chi connectivity index (χ3v) is 29.0. The van der Waals surface area contributed by atoms with E-state index >= 15 is 0 Å². The average Bonchev–Trinajstić information content (AvgIpc) is 1.63. The van der Waals surface area contributed by atoms with Crippen LogP contribution in [0.15, 0.2) is 186 Å². The number of aliphatic hydroxyl groups is 4. The van der Waals surface area contributed by atoms with E-state index in [1.807, 2.05) is 177 Å². The number of aliphatic hydroxyl groups excluding tert-OH is 2. The van der Waals surface area contributed by atoms with Gasteiger partial charge in [-0.15, -0.1) is 34.0 Å². The number of aryl methyl sites for hydroxylation is 8. The van der Waals surface area contributed by atoms with Gasteiger partial charge in [-0.05, 0) is 174 Å². The number of benzene rings is 7. The van der Waals surface area contributed by atoms with Gasteiger partial charge < -0.3 is 54.9 Å². The van der Waals surface area contributed by atoms with Gasteiger partial charge in [0.25, 0.3) is 23.6 Å². The molecule has 5 N–H and O–H groups in total. The maximum atomic E-state index is 14.0. The van der Waals surface area contributed by atoms with Gasteiger partial charge in [-0.1, -0.05) is 179 Å². The molecule has 0 spiro atoms. The van der Waals surface area contributed by atoms with E-state index in [4.69, 9.17) is 0 Å². The summed E-state index contributed by atoms with van der Waals surface area (Å²) in [5.41, 5.74) is 16.8. The number of likely N-dealkylation sites (tertiary alicyclic amines) is 4. The highest BCUT2D eigenvalue weighted by molar-refractivity contribution is 7.14. The molecule has 6 aliphatic heterocycles. The first-order valence-electron chi connectivity index (χ1n) is 44.6. The number of carbonyl (C=O) groups is 10. The Morgan fingerprint density at radius 1 is 0.462 bits per heavy atom. The van der Waals surface area contributed by atoms with Crippen molar-refractivity contribution in [1.29, 1.82) is 0 Å². The first-order valence-corrected chi connectivity index (χ1v) is 47.2. The Bertz CT molecular complexity index is 5840. The fourth-order valence-electron chi connectivity index (χ4n) is 19.2. The van der Waals surface area contributed by atoms with E-state index < -0.39 is 70.5 Å². The minimum Gasteiger partial charge on any atom is -0.480 e. The molecule has 6 aliphatic rings. The van der Waals surface area contributed by atoms with Crippen LogP contribution < -0.4 is 0 Å². The number of hydrogen-bond acceptors (Lipinski definition) is 20. The fraction of sp³-hybridized carbons (Fsp3) is 0.408. The Kier molecular flexibility index (Phi) is 30.0. The molecule has 682 valence electrons. The number of carbonyl (C=O) groups excluding carboxylic acids is 9. The molecule has 4 saturated heterocycles. The Balaban J connectivity index is 0.000000149. The minimum absolute atomic E-state index is 0.0163. The van der Waals surface area contributed by atoms with Crippen LogP contribution in [0.4, 0.5) is 0 Å².